The quantitative estimate of drug-likeness (QED) is 0.567. The topological polar surface area (TPSA) is 77.2 Å². The predicted octanol–water partition coefficient (Wildman–Crippen LogP) is 2.83. The monoisotopic (exact) mass is 348 g/mol. The number of aromatic nitrogens is 2. The largest absolute Gasteiger partial charge is 0.467 e. The fourth-order valence-corrected chi connectivity index (χ4v) is 2.56. The Morgan fingerprint density at radius 3 is 2.92 bits per heavy atom. The van der Waals surface area contributed by atoms with Crippen LogP contribution in [0.5, 0.6) is 0 Å². The second-order valence-electron chi connectivity index (χ2n) is 4.99. The van der Waals surface area contributed by atoms with Gasteiger partial charge in [-0.2, -0.15) is 0 Å². The molecule has 0 aliphatic rings. The van der Waals surface area contributed by atoms with Crippen molar-refractivity contribution in [3.05, 3.63) is 63.0 Å². The van der Waals surface area contributed by atoms with Crippen molar-refractivity contribution < 1.29 is 18.3 Å². The minimum absolute atomic E-state index is 0.206. The lowest BCUT2D eigenvalue weighted by Gasteiger charge is -2.08. The molecule has 1 N–H and O–H groups in total. The van der Waals surface area contributed by atoms with Crippen LogP contribution in [-0.4, -0.2) is 28.8 Å². The van der Waals surface area contributed by atoms with Crippen LogP contribution >= 0.6 is 12.2 Å². The maximum atomic E-state index is 12.6. The van der Waals surface area contributed by atoms with Crippen molar-refractivity contribution in [2.45, 2.75) is 6.54 Å². The molecular formula is C16H13FN2O4S. The van der Waals surface area contributed by atoms with Gasteiger partial charge in [-0.15, -0.1) is 0 Å². The number of ether oxygens (including phenoxy) is 1. The summed E-state index contributed by atoms with van der Waals surface area (Å²) in [4.78, 5) is 27.3. The first kappa shape index (κ1) is 16.1. The van der Waals surface area contributed by atoms with E-state index in [0.717, 1.165) is 0 Å². The van der Waals surface area contributed by atoms with Gasteiger partial charge in [0.05, 0.1) is 29.3 Å². The highest BCUT2D eigenvalue weighted by Gasteiger charge is 2.12. The van der Waals surface area contributed by atoms with E-state index in [1.807, 2.05) is 0 Å². The third-order valence-electron chi connectivity index (χ3n) is 3.42. The summed E-state index contributed by atoms with van der Waals surface area (Å²) in [7, 11) is 0. The van der Waals surface area contributed by atoms with Gasteiger partial charge < -0.3 is 14.1 Å². The van der Waals surface area contributed by atoms with Gasteiger partial charge >= 0.3 is 5.97 Å². The van der Waals surface area contributed by atoms with Crippen LogP contribution in [-0.2, 0) is 11.3 Å². The molecule has 0 atom stereocenters. The van der Waals surface area contributed by atoms with E-state index in [1.54, 1.807) is 12.1 Å². The number of alkyl halides is 1. The van der Waals surface area contributed by atoms with Gasteiger partial charge in [0, 0.05) is 0 Å². The molecule has 0 saturated carbocycles. The molecule has 124 valence electrons. The normalized spacial score (nSPS) is 10.9. The summed E-state index contributed by atoms with van der Waals surface area (Å²) >= 11 is 5.22. The van der Waals surface area contributed by atoms with Gasteiger partial charge in [0.1, 0.15) is 19.0 Å². The first-order valence-electron chi connectivity index (χ1n) is 7.12. The van der Waals surface area contributed by atoms with Gasteiger partial charge in [-0.25, -0.2) is 9.18 Å². The Morgan fingerprint density at radius 1 is 1.38 bits per heavy atom. The fourth-order valence-electron chi connectivity index (χ4n) is 2.30. The van der Waals surface area contributed by atoms with Crippen LogP contribution in [0, 0.1) is 4.77 Å². The molecule has 0 spiro atoms. The third-order valence-corrected chi connectivity index (χ3v) is 3.74. The van der Waals surface area contributed by atoms with Crippen molar-refractivity contribution >= 4 is 29.1 Å². The van der Waals surface area contributed by atoms with Gasteiger partial charge in [0.2, 0.25) is 0 Å². The predicted molar refractivity (Wildman–Crippen MR) is 87.5 cm³/mol. The lowest BCUT2D eigenvalue weighted by atomic mass is 10.1. The van der Waals surface area contributed by atoms with Crippen molar-refractivity contribution in [3.63, 3.8) is 0 Å². The fraction of sp³-hybridized carbons (Fsp3) is 0.188. The van der Waals surface area contributed by atoms with Crippen molar-refractivity contribution in [1.29, 1.82) is 0 Å². The first-order valence-corrected chi connectivity index (χ1v) is 7.53. The molecule has 0 fully saturated rings. The number of aromatic amines is 1. The van der Waals surface area contributed by atoms with Crippen LogP contribution in [0.3, 0.4) is 0 Å². The Labute approximate surface area is 140 Å². The average molecular weight is 348 g/mol. The Bertz CT molecular complexity index is 991. The second kappa shape index (κ2) is 6.79. The molecule has 0 aliphatic heterocycles. The number of nitrogens with zero attached hydrogens (tertiary/aromatic N) is 1. The number of H-pyrrole nitrogens is 1. The maximum Gasteiger partial charge on any atom is 0.338 e. The van der Waals surface area contributed by atoms with Crippen LogP contribution in [0.1, 0.15) is 16.1 Å². The molecular weight excluding hydrogens is 335 g/mol. The van der Waals surface area contributed by atoms with Gasteiger partial charge in [0.15, 0.2) is 4.77 Å². The molecule has 0 amide bonds. The summed E-state index contributed by atoms with van der Waals surface area (Å²) in [5, 5.41) is 0.372. The Morgan fingerprint density at radius 2 is 2.21 bits per heavy atom. The van der Waals surface area contributed by atoms with E-state index < -0.39 is 12.6 Å². The molecule has 24 heavy (non-hydrogen) atoms. The number of nitrogens with one attached hydrogen (secondary N) is 1. The van der Waals surface area contributed by atoms with E-state index in [1.165, 1.54) is 29.0 Å². The molecule has 2 heterocycles. The number of benzene rings is 1. The SMILES string of the molecule is O=C(OCCF)c1ccc2c(=O)n(Cc3ccco3)c(=S)[nH]c2c1. The molecule has 3 rings (SSSR count). The summed E-state index contributed by atoms with van der Waals surface area (Å²) in [5.74, 6) is -0.0593. The van der Waals surface area contributed by atoms with Gasteiger partial charge in [-0.3, -0.25) is 9.36 Å². The zero-order chi connectivity index (χ0) is 17.1. The average Bonchev–Trinajstić information content (AvgIpc) is 3.09. The molecule has 1 aromatic carbocycles. The summed E-state index contributed by atoms with van der Waals surface area (Å²) < 4.78 is 23.6. The summed E-state index contributed by atoms with van der Waals surface area (Å²) in [5.41, 5.74) is 0.328. The van der Waals surface area contributed by atoms with E-state index >= 15 is 0 Å². The van der Waals surface area contributed by atoms with E-state index in [9.17, 15) is 14.0 Å². The summed E-state index contributed by atoms with van der Waals surface area (Å²) in [6.45, 7) is -0.853. The molecule has 0 unspecified atom stereocenters. The van der Waals surface area contributed by atoms with Crippen molar-refractivity contribution in [2.24, 2.45) is 0 Å². The number of hydrogen-bond acceptors (Lipinski definition) is 5. The number of fused-ring (bicyclic) bond motifs is 1. The van der Waals surface area contributed by atoms with E-state index in [2.05, 4.69) is 4.98 Å². The Balaban J connectivity index is 2.02. The molecule has 0 bridgehead atoms. The lowest BCUT2D eigenvalue weighted by Crippen LogP contribution is -2.22. The summed E-state index contributed by atoms with van der Waals surface area (Å²) in [6.07, 6.45) is 1.52. The van der Waals surface area contributed by atoms with Crippen molar-refractivity contribution in [3.8, 4) is 0 Å². The minimum Gasteiger partial charge on any atom is -0.467 e. The van der Waals surface area contributed by atoms with Gasteiger partial charge in [0.25, 0.3) is 5.56 Å². The summed E-state index contributed by atoms with van der Waals surface area (Å²) in [6, 6.07) is 7.90. The molecule has 8 heteroatoms. The number of hydrogen-bond donors (Lipinski definition) is 1. The zero-order valence-corrected chi connectivity index (χ0v) is 13.3. The number of rotatable bonds is 5. The highest BCUT2D eigenvalue weighted by molar-refractivity contribution is 7.71. The van der Waals surface area contributed by atoms with Crippen LogP contribution in [0.25, 0.3) is 10.9 Å². The molecule has 3 aromatic rings. The van der Waals surface area contributed by atoms with Crippen molar-refractivity contribution in [2.75, 3.05) is 13.3 Å². The standard InChI is InChI=1S/C16H13FN2O4S/c17-5-7-23-15(21)10-3-4-12-13(8-10)18-16(24)19(14(12)20)9-11-2-1-6-22-11/h1-4,6,8H,5,7,9H2,(H,18,24). The third kappa shape index (κ3) is 3.13. The van der Waals surface area contributed by atoms with Crippen LogP contribution < -0.4 is 5.56 Å². The van der Waals surface area contributed by atoms with E-state index in [4.69, 9.17) is 21.4 Å². The number of carbonyl (C=O) groups is 1. The highest BCUT2D eigenvalue weighted by atomic mass is 32.1. The number of halogens is 1. The second-order valence-corrected chi connectivity index (χ2v) is 5.37. The highest BCUT2D eigenvalue weighted by Crippen LogP contribution is 2.13. The smallest absolute Gasteiger partial charge is 0.338 e. The number of furan rings is 1. The van der Waals surface area contributed by atoms with Crippen LogP contribution in [0.15, 0.2) is 45.8 Å². The Kier molecular flexibility index (Phi) is 4.57. The van der Waals surface area contributed by atoms with E-state index in [0.29, 0.717) is 16.7 Å². The van der Waals surface area contributed by atoms with Gasteiger partial charge in [-0.1, -0.05) is 0 Å². The molecule has 0 radical (unpaired) electrons. The zero-order valence-electron chi connectivity index (χ0n) is 12.5. The lowest BCUT2D eigenvalue weighted by molar-refractivity contribution is 0.0481. The van der Waals surface area contributed by atoms with Gasteiger partial charge in [-0.05, 0) is 42.5 Å². The van der Waals surface area contributed by atoms with E-state index in [-0.39, 0.29) is 29.0 Å². The molecule has 0 saturated heterocycles. The Hall–Kier alpha value is -2.74. The first-order chi connectivity index (χ1) is 11.6. The number of carbonyl (C=O) groups excluding carboxylic acids is 1. The van der Waals surface area contributed by atoms with Crippen LogP contribution in [0.4, 0.5) is 4.39 Å². The minimum atomic E-state index is -0.751. The maximum absolute atomic E-state index is 12.6. The van der Waals surface area contributed by atoms with Crippen LogP contribution in [0.2, 0.25) is 0 Å². The molecule has 6 nitrogen and oxygen atoms in total. The molecule has 0 aliphatic carbocycles. The van der Waals surface area contributed by atoms with Crippen molar-refractivity contribution in [1.82, 2.24) is 9.55 Å². The number of esters is 1. The molecule has 2 aromatic heterocycles.